The Hall–Kier alpha value is -3.67. The van der Waals surface area contributed by atoms with Crippen molar-refractivity contribution in [3.05, 3.63) is 78.0 Å². The van der Waals surface area contributed by atoms with Gasteiger partial charge in [-0.2, -0.15) is 0 Å². The molecule has 0 fully saturated rings. The molecule has 3 rings (SSSR count). The zero-order valence-electron chi connectivity index (χ0n) is 16.7. The number of carbonyl (C=O) groups excluding carboxylic acids is 2. The Balaban J connectivity index is 1.63. The summed E-state index contributed by atoms with van der Waals surface area (Å²) in [5, 5.41) is 8.72. The Morgan fingerprint density at radius 1 is 0.862 bits per heavy atom. The second kappa shape index (κ2) is 9.01. The second-order valence-electron chi connectivity index (χ2n) is 7.05. The van der Waals surface area contributed by atoms with E-state index in [-0.39, 0.29) is 11.8 Å². The van der Waals surface area contributed by atoms with Crippen LogP contribution >= 0.6 is 0 Å². The monoisotopic (exact) mass is 388 g/mol. The summed E-state index contributed by atoms with van der Waals surface area (Å²) in [7, 11) is 0. The Bertz CT molecular complexity index is 996. The summed E-state index contributed by atoms with van der Waals surface area (Å²) >= 11 is 0. The van der Waals surface area contributed by atoms with Crippen molar-refractivity contribution in [3.63, 3.8) is 0 Å². The third-order valence-corrected chi connectivity index (χ3v) is 4.32. The van der Waals surface area contributed by atoms with E-state index in [1.807, 2.05) is 12.1 Å². The highest BCUT2D eigenvalue weighted by atomic mass is 16.2. The highest BCUT2D eigenvalue weighted by molar-refractivity contribution is 6.04. The maximum absolute atomic E-state index is 12.5. The zero-order chi connectivity index (χ0) is 20.8. The van der Waals surface area contributed by atoms with Gasteiger partial charge in [0.1, 0.15) is 5.82 Å². The first kappa shape index (κ1) is 20.1. The van der Waals surface area contributed by atoms with Crippen LogP contribution in [0.1, 0.15) is 42.6 Å². The number of benzene rings is 2. The van der Waals surface area contributed by atoms with Gasteiger partial charge in [0.05, 0.1) is 5.56 Å². The molecule has 1 heterocycles. The Morgan fingerprint density at radius 2 is 1.55 bits per heavy atom. The molecule has 2 aromatic carbocycles. The SMILES string of the molecule is CC(=O)Nc1cccc(NC(=O)c2ccc(Nc3ccc(C(C)C)cc3)nc2)c1. The highest BCUT2D eigenvalue weighted by Gasteiger charge is 2.08. The van der Waals surface area contributed by atoms with Crippen LogP contribution in [0.4, 0.5) is 22.9 Å². The fourth-order valence-corrected chi connectivity index (χ4v) is 2.78. The number of hydrogen-bond acceptors (Lipinski definition) is 4. The number of nitrogens with one attached hydrogen (secondary N) is 3. The van der Waals surface area contributed by atoms with Gasteiger partial charge >= 0.3 is 0 Å². The minimum atomic E-state index is -0.273. The third kappa shape index (κ3) is 5.65. The molecule has 0 saturated heterocycles. The topological polar surface area (TPSA) is 83.1 Å². The van der Waals surface area contributed by atoms with Crippen LogP contribution in [0, 0.1) is 0 Å². The van der Waals surface area contributed by atoms with Gasteiger partial charge in [-0.05, 0) is 53.9 Å². The van der Waals surface area contributed by atoms with Gasteiger partial charge in [-0.1, -0.05) is 32.0 Å². The van der Waals surface area contributed by atoms with Gasteiger partial charge in [0.15, 0.2) is 0 Å². The van der Waals surface area contributed by atoms with Crippen LogP contribution in [-0.4, -0.2) is 16.8 Å². The molecule has 148 valence electrons. The smallest absolute Gasteiger partial charge is 0.257 e. The number of aromatic nitrogens is 1. The third-order valence-electron chi connectivity index (χ3n) is 4.32. The minimum absolute atomic E-state index is 0.167. The van der Waals surface area contributed by atoms with Crippen molar-refractivity contribution >= 4 is 34.7 Å². The predicted molar refractivity (Wildman–Crippen MR) is 117 cm³/mol. The van der Waals surface area contributed by atoms with Crippen LogP contribution in [0.5, 0.6) is 0 Å². The molecule has 0 atom stereocenters. The number of pyridine rings is 1. The Morgan fingerprint density at radius 3 is 2.14 bits per heavy atom. The molecule has 0 radical (unpaired) electrons. The van der Waals surface area contributed by atoms with Crippen LogP contribution in [0.2, 0.25) is 0 Å². The molecule has 0 bridgehead atoms. The summed E-state index contributed by atoms with van der Waals surface area (Å²) in [6.45, 7) is 5.75. The van der Waals surface area contributed by atoms with E-state index in [9.17, 15) is 9.59 Å². The number of hydrogen-bond donors (Lipinski definition) is 3. The molecule has 0 aliphatic heterocycles. The summed E-state index contributed by atoms with van der Waals surface area (Å²) in [6.07, 6.45) is 1.53. The largest absolute Gasteiger partial charge is 0.340 e. The van der Waals surface area contributed by atoms with E-state index in [0.29, 0.717) is 28.7 Å². The fraction of sp³-hybridized carbons (Fsp3) is 0.174. The lowest BCUT2D eigenvalue weighted by molar-refractivity contribution is -0.114. The number of nitrogens with zero attached hydrogens (tertiary/aromatic N) is 1. The molecule has 0 saturated carbocycles. The average Bonchev–Trinajstić information content (AvgIpc) is 2.68. The molecular weight excluding hydrogens is 364 g/mol. The molecule has 0 spiro atoms. The Kier molecular flexibility index (Phi) is 6.24. The highest BCUT2D eigenvalue weighted by Crippen LogP contribution is 2.20. The van der Waals surface area contributed by atoms with Crippen molar-refractivity contribution in [2.24, 2.45) is 0 Å². The fourth-order valence-electron chi connectivity index (χ4n) is 2.78. The van der Waals surface area contributed by atoms with Crippen molar-refractivity contribution in [1.82, 2.24) is 4.98 Å². The summed E-state index contributed by atoms with van der Waals surface area (Å²) in [4.78, 5) is 27.9. The van der Waals surface area contributed by atoms with Crippen molar-refractivity contribution < 1.29 is 9.59 Å². The lowest BCUT2D eigenvalue weighted by atomic mass is 10.0. The van der Waals surface area contributed by atoms with Crippen LogP contribution in [0.15, 0.2) is 66.9 Å². The lowest BCUT2D eigenvalue weighted by Gasteiger charge is -2.10. The van der Waals surface area contributed by atoms with Gasteiger partial charge in [-0.15, -0.1) is 0 Å². The van der Waals surface area contributed by atoms with E-state index < -0.39 is 0 Å². The predicted octanol–water partition coefficient (Wildman–Crippen LogP) is 5.16. The van der Waals surface area contributed by atoms with E-state index in [0.717, 1.165) is 5.69 Å². The molecule has 2 amide bonds. The van der Waals surface area contributed by atoms with Crippen LogP contribution in [0.3, 0.4) is 0 Å². The van der Waals surface area contributed by atoms with Crippen LogP contribution in [-0.2, 0) is 4.79 Å². The van der Waals surface area contributed by atoms with Gasteiger partial charge in [0, 0.05) is 30.2 Å². The normalized spacial score (nSPS) is 10.5. The maximum Gasteiger partial charge on any atom is 0.257 e. The molecule has 6 heteroatoms. The van der Waals surface area contributed by atoms with Crippen molar-refractivity contribution in [3.8, 4) is 0 Å². The quantitative estimate of drug-likeness (QED) is 0.545. The summed E-state index contributed by atoms with van der Waals surface area (Å²) in [5.74, 6) is 0.704. The van der Waals surface area contributed by atoms with E-state index in [1.54, 1.807) is 36.4 Å². The second-order valence-corrected chi connectivity index (χ2v) is 7.05. The molecule has 1 aromatic heterocycles. The van der Waals surface area contributed by atoms with Crippen molar-refractivity contribution in [1.29, 1.82) is 0 Å². The van der Waals surface area contributed by atoms with E-state index in [1.165, 1.54) is 18.7 Å². The molecule has 0 aliphatic carbocycles. The van der Waals surface area contributed by atoms with Crippen LogP contribution in [0.25, 0.3) is 0 Å². The number of amides is 2. The van der Waals surface area contributed by atoms with Gasteiger partial charge in [-0.25, -0.2) is 4.98 Å². The zero-order valence-corrected chi connectivity index (χ0v) is 16.7. The molecule has 0 unspecified atom stereocenters. The van der Waals surface area contributed by atoms with Crippen molar-refractivity contribution in [2.45, 2.75) is 26.7 Å². The number of carbonyl (C=O) groups is 2. The summed E-state index contributed by atoms with van der Waals surface area (Å²) in [5.41, 5.74) is 3.87. The molecule has 0 aliphatic rings. The first-order valence-corrected chi connectivity index (χ1v) is 9.43. The first-order valence-electron chi connectivity index (χ1n) is 9.43. The van der Waals surface area contributed by atoms with Crippen LogP contribution < -0.4 is 16.0 Å². The van der Waals surface area contributed by atoms with Gasteiger partial charge in [-0.3, -0.25) is 9.59 Å². The summed E-state index contributed by atoms with van der Waals surface area (Å²) < 4.78 is 0. The maximum atomic E-state index is 12.5. The summed E-state index contributed by atoms with van der Waals surface area (Å²) in [6, 6.07) is 18.7. The minimum Gasteiger partial charge on any atom is -0.340 e. The standard InChI is InChI=1S/C23H24N4O2/c1-15(2)17-7-10-19(11-8-17)26-22-12-9-18(14-24-22)23(29)27-21-6-4-5-20(13-21)25-16(3)28/h4-15H,1-3H3,(H,24,26)(H,25,28)(H,27,29). The molecular formula is C23H24N4O2. The molecule has 29 heavy (non-hydrogen) atoms. The number of anilines is 4. The molecule has 3 aromatic rings. The lowest BCUT2D eigenvalue weighted by Crippen LogP contribution is -2.13. The van der Waals surface area contributed by atoms with Crippen molar-refractivity contribution in [2.75, 3.05) is 16.0 Å². The molecule has 3 N–H and O–H groups in total. The van der Waals surface area contributed by atoms with Gasteiger partial charge in [0.25, 0.3) is 5.91 Å². The molecule has 6 nitrogen and oxygen atoms in total. The number of rotatable bonds is 6. The van der Waals surface area contributed by atoms with E-state index >= 15 is 0 Å². The Labute approximate surface area is 170 Å². The first-order chi connectivity index (χ1) is 13.9. The average molecular weight is 388 g/mol. The van der Waals surface area contributed by atoms with Gasteiger partial charge < -0.3 is 16.0 Å². The van der Waals surface area contributed by atoms with E-state index in [2.05, 4.69) is 46.9 Å². The van der Waals surface area contributed by atoms with E-state index in [4.69, 9.17) is 0 Å². The van der Waals surface area contributed by atoms with Gasteiger partial charge in [0.2, 0.25) is 5.91 Å².